The van der Waals surface area contributed by atoms with E-state index in [2.05, 4.69) is 4.90 Å². The quantitative estimate of drug-likeness (QED) is 0.796. The van der Waals surface area contributed by atoms with Gasteiger partial charge in [0.1, 0.15) is 6.54 Å². The van der Waals surface area contributed by atoms with Crippen molar-refractivity contribution in [1.29, 1.82) is 0 Å². The topological polar surface area (TPSA) is 43.9 Å². The van der Waals surface area contributed by atoms with Crippen LogP contribution in [0.5, 0.6) is 0 Å². The van der Waals surface area contributed by atoms with Gasteiger partial charge in [-0.3, -0.25) is 14.5 Å². The number of hydrogen-bond donors (Lipinski definition) is 0. The van der Waals surface area contributed by atoms with Crippen molar-refractivity contribution in [3.8, 4) is 0 Å². The Kier molecular flexibility index (Phi) is 4.79. The number of likely N-dealkylation sites (N-methyl/N-ethyl adjacent to an activating group) is 1. The van der Waals surface area contributed by atoms with Gasteiger partial charge >= 0.3 is 0 Å². The van der Waals surface area contributed by atoms with E-state index >= 15 is 0 Å². The number of anilines is 2. The van der Waals surface area contributed by atoms with Crippen LogP contribution >= 0.6 is 11.6 Å². The monoisotopic (exact) mass is 383 g/mol. The predicted octanol–water partition coefficient (Wildman–Crippen LogP) is 3.56. The Morgan fingerprint density at radius 3 is 2.52 bits per heavy atom. The molecule has 1 fully saturated rings. The van der Waals surface area contributed by atoms with Crippen molar-refractivity contribution in [3.63, 3.8) is 0 Å². The third kappa shape index (κ3) is 3.39. The zero-order valence-electron chi connectivity index (χ0n) is 15.3. The van der Waals surface area contributed by atoms with Crippen LogP contribution in [0.25, 0.3) is 0 Å². The number of halogens is 1. The number of carbonyl (C=O) groups excluding carboxylic acids is 2. The fraction of sp³-hybridized carbons (Fsp3) is 0.333. The van der Waals surface area contributed by atoms with E-state index in [0.717, 1.165) is 30.0 Å². The molecular formula is C21H22ClN3O2. The lowest BCUT2D eigenvalue weighted by molar-refractivity contribution is -0.128. The van der Waals surface area contributed by atoms with E-state index in [4.69, 9.17) is 11.6 Å². The first-order valence-electron chi connectivity index (χ1n) is 9.23. The number of amides is 2. The molecule has 0 N–H and O–H groups in total. The van der Waals surface area contributed by atoms with Gasteiger partial charge < -0.3 is 9.80 Å². The third-order valence-corrected chi connectivity index (χ3v) is 5.62. The molecule has 2 aliphatic heterocycles. The van der Waals surface area contributed by atoms with Gasteiger partial charge in [-0.1, -0.05) is 29.8 Å². The predicted molar refractivity (Wildman–Crippen MR) is 107 cm³/mol. The van der Waals surface area contributed by atoms with E-state index in [9.17, 15) is 9.59 Å². The number of rotatable bonds is 2. The molecule has 6 heteroatoms. The standard InChI is InChI=1S/C21H22ClN3O2/c1-23-13-15-6-2-3-7-19(15)25(14-20(23)26)21(27)17-9-8-16(12-18(17)22)24-10-4-5-11-24/h2-3,6-9,12H,4-5,10-11,13-14H2,1H3. The molecule has 2 aromatic rings. The first kappa shape index (κ1) is 17.9. The molecule has 5 nitrogen and oxygen atoms in total. The Balaban J connectivity index is 1.68. The average Bonchev–Trinajstić information content (AvgIpc) is 3.17. The smallest absolute Gasteiger partial charge is 0.260 e. The Morgan fingerprint density at radius 1 is 1.04 bits per heavy atom. The van der Waals surface area contributed by atoms with Crippen LogP contribution < -0.4 is 9.80 Å². The van der Waals surface area contributed by atoms with Crippen LogP contribution in [-0.2, 0) is 11.3 Å². The van der Waals surface area contributed by atoms with Crippen LogP contribution in [0.4, 0.5) is 11.4 Å². The van der Waals surface area contributed by atoms with Crippen molar-refractivity contribution in [3.05, 3.63) is 58.6 Å². The summed E-state index contributed by atoms with van der Waals surface area (Å²) in [7, 11) is 1.75. The Bertz CT molecular complexity index is 893. The fourth-order valence-corrected chi connectivity index (χ4v) is 4.02. The van der Waals surface area contributed by atoms with Gasteiger partial charge in [0.15, 0.2) is 0 Å². The van der Waals surface area contributed by atoms with Gasteiger partial charge in [0.05, 0.1) is 10.6 Å². The molecule has 1 saturated heterocycles. The SMILES string of the molecule is CN1Cc2ccccc2N(C(=O)c2ccc(N3CCCC3)cc2Cl)CC1=O. The number of benzene rings is 2. The molecule has 2 aromatic carbocycles. The molecule has 140 valence electrons. The summed E-state index contributed by atoms with van der Waals surface area (Å²) in [6.45, 7) is 2.53. The summed E-state index contributed by atoms with van der Waals surface area (Å²) in [4.78, 5) is 31.2. The minimum Gasteiger partial charge on any atom is -0.371 e. The maximum atomic E-state index is 13.3. The van der Waals surface area contributed by atoms with Gasteiger partial charge in [0.25, 0.3) is 5.91 Å². The molecular weight excluding hydrogens is 362 g/mol. The van der Waals surface area contributed by atoms with E-state index < -0.39 is 0 Å². The number of fused-ring (bicyclic) bond motifs is 1. The Hall–Kier alpha value is -2.53. The Morgan fingerprint density at radius 2 is 1.78 bits per heavy atom. The summed E-state index contributed by atoms with van der Waals surface area (Å²) in [5.41, 5.74) is 3.18. The van der Waals surface area contributed by atoms with E-state index in [-0.39, 0.29) is 18.4 Å². The van der Waals surface area contributed by atoms with Crippen LogP contribution in [-0.4, -0.2) is 43.4 Å². The first-order valence-corrected chi connectivity index (χ1v) is 9.60. The largest absolute Gasteiger partial charge is 0.371 e. The number of hydrogen-bond acceptors (Lipinski definition) is 3. The van der Waals surface area contributed by atoms with Gasteiger partial charge in [0, 0.05) is 38.1 Å². The summed E-state index contributed by atoms with van der Waals surface area (Å²) in [5, 5.41) is 0.423. The molecule has 0 aliphatic carbocycles. The second-order valence-corrected chi connectivity index (χ2v) is 7.54. The lowest BCUT2D eigenvalue weighted by Gasteiger charge is -2.23. The van der Waals surface area contributed by atoms with Crippen LogP contribution in [0.1, 0.15) is 28.8 Å². The molecule has 0 aromatic heterocycles. The summed E-state index contributed by atoms with van der Waals surface area (Å²) < 4.78 is 0. The zero-order valence-corrected chi connectivity index (χ0v) is 16.1. The zero-order chi connectivity index (χ0) is 19.0. The van der Waals surface area contributed by atoms with Crippen LogP contribution in [0.2, 0.25) is 5.02 Å². The third-order valence-electron chi connectivity index (χ3n) is 5.31. The van der Waals surface area contributed by atoms with Crippen molar-refractivity contribution in [1.82, 2.24) is 4.90 Å². The number of carbonyl (C=O) groups is 2. The van der Waals surface area contributed by atoms with Crippen LogP contribution in [0.3, 0.4) is 0 Å². The number of para-hydroxylation sites is 1. The lowest BCUT2D eigenvalue weighted by Crippen LogP contribution is -2.39. The maximum Gasteiger partial charge on any atom is 0.260 e. The summed E-state index contributed by atoms with van der Waals surface area (Å²) in [6, 6.07) is 13.2. The van der Waals surface area contributed by atoms with Crippen molar-refractivity contribution < 1.29 is 9.59 Å². The minimum atomic E-state index is -0.246. The van der Waals surface area contributed by atoms with E-state index in [1.807, 2.05) is 36.4 Å². The lowest BCUT2D eigenvalue weighted by atomic mass is 10.1. The van der Waals surface area contributed by atoms with Crippen molar-refractivity contribution in [2.45, 2.75) is 19.4 Å². The molecule has 27 heavy (non-hydrogen) atoms. The molecule has 0 spiro atoms. The van der Waals surface area contributed by atoms with E-state index in [1.165, 1.54) is 17.7 Å². The first-order chi connectivity index (χ1) is 13.0. The highest BCUT2D eigenvalue weighted by molar-refractivity contribution is 6.35. The van der Waals surface area contributed by atoms with Gasteiger partial charge in [-0.05, 0) is 42.7 Å². The highest BCUT2D eigenvalue weighted by Crippen LogP contribution is 2.30. The van der Waals surface area contributed by atoms with Crippen molar-refractivity contribution >= 4 is 34.8 Å². The maximum absolute atomic E-state index is 13.3. The van der Waals surface area contributed by atoms with Crippen molar-refractivity contribution in [2.24, 2.45) is 0 Å². The van der Waals surface area contributed by atoms with Gasteiger partial charge in [0.2, 0.25) is 5.91 Å². The van der Waals surface area contributed by atoms with Crippen LogP contribution in [0.15, 0.2) is 42.5 Å². The Labute approximate surface area is 164 Å². The summed E-state index contributed by atoms with van der Waals surface area (Å²) in [5.74, 6) is -0.339. The molecule has 2 heterocycles. The van der Waals surface area contributed by atoms with E-state index in [1.54, 1.807) is 18.0 Å². The van der Waals surface area contributed by atoms with Gasteiger partial charge in [-0.25, -0.2) is 0 Å². The minimum absolute atomic E-state index is 0.0105. The second-order valence-electron chi connectivity index (χ2n) is 7.13. The second kappa shape index (κ2) is 7.24. The summed E-state index contributed by atoms with van der Waals surface area (Å²) >= 11 is 6.49. The average molecular weight is 384 g/mol. The molecule has 4 rings (SSSR count). The molecule has 0 atom stereocenters. The fourth-order valence-electron chi connectivity index (χ4n) is 3.77. The normalized spacial score (nSPS) is 17.1. The molecule has 0 unspecified atom stereocenters. The molecule has 0 radical (unpaired) electrons. The number of nitrogens with zero attached hydrogens (tertiary/aromatic N) is 3. The van der Waals surface area contributed by atoms with E-state index in [0.29, 0.717) is 17.1 Å². The highest BCUT2D eigenvalue weighted by atomic mass is 35.5. The highest BCUT2D eigenvalue weighted by Gasteiger charge is 2.29. The summed E-state index contributed by atoms with van der Waals surface area (Å²) in [6.07, 6.45) is 2.36. The van der Waals surface area contributed by atoms with Crippen LogP contribution in [0, 0.1) is 0 Å². The van der Waals surface area contributed by atoms with Gasteiger partial charge in [-0.2, -0.15) is 0 Å². The molecule has 0 bridgehead atoms. The molecule has 0 saturated carbocycles. The molecule has 2 amide bonds. The van der Waals surface area contributed by atoms with Gasteiger partial charge in [-0.15, -0.1) is 0 Å². The van der Waals surface area contributed by atoms with Crippen molar-refractivity contribution in [2.75, 3.05) is 36.5 Å². The molecule has 2 aliphatic rings.